The standard InChI is InChI=1S/C16H27N3O3S/c1-5-12(23-4)15(20)17-13(11-6-8-21-9-7-11)16-18-14(10(2)3)19-22-16/h10-13H,5-9H2,1-4H3,(H,17,20)/t12-,13-/m0/s1. The number of thioether (sulfide) groups is 1. The highest BCUT2D eigenvalue weighted by molar-refractivity contribution is 7.99. The lowest BCUT2D eigenvalue weighted by atomic mass is 9.91. The van der Waals surface area contributed by atoms with Gasteiger partial charge in [0, 0.05) is 19.1 Å². The van der Waals surface area contributed by atoms with Crippen molar-refractivity contribution in [2.45, 2.75) is 57.2 Å². The number of hydrogen-bond donors (Lipinski definition) is 1. The van der Waals surface area contributed by atoms with Crippen molar-refractivity contribution in [1.82, 2.24) is 15.5 Å². The Morgan fingerprint density at radius 2 is 2.09 bits per heavy atom. The summed E-state index contributed by atoms with van der Waals surface area (Å²) in [6.07, 6.45) is 4.54. The number of ether oxygens (including phenoxy) is 1. The summed E-state index contributed by atoms with van der Waals surface area (Å²) in [6.45, 7) is 7.49. The predicted molar refractivity (Wildman–Crippen MR) is 90.4 cm³/mol. The summed E-state index contributed by atoms with van der Waals surface area (Å²) in [5.41, 5.74) is 0. The molecule has 23 heavy (non-hydrogen) atoms. The highest BCUT2D eigenvalue weighted by atomic mass is 32.2. The van der Waals surface area contributed by atoms with Crippen LogP contribution < -0.4 is 5.32 Å². The zero-order chi connectivity index (χ0) is 16.8. The van der Waals surface area contributed by atoms with Crippen molar-refractivity contribution >= 4 is 17.7 Å². The first-order valence-electron chi connectivity index (χ1n) is 8.31. The lowest BCUT2D eigenvalue weighted by Crippen LogP contribution is -2.40. The Morgan fingerprint density at radius 3 is 2.61 bits per heavy atom. The maximum absolute atomic E-state index is 12.5. The summed E-state index contributed by atoms with van der Waals surface area (Å²) in [5.74, 6) is 1.72. The Bertz CT molecular complexity index is 497. The molecule has 0 unspecified atom stereocenters. The fourth-order valence-electron chi connectivity index (χ4n) is 2.74. The van der Waals surface area contributed by atoms with Crippen LogP contribution >= 0.6 is 11.8 Å². The Hall–Kier alpha value is -1.08. The topological polar surface area (TPSA) is 77.3 Å². The van der Waals surface area contributed by atoms with Gasteiger partial charge < -0.3 is 14.6 Å². The van der Waals surface area contributed by atoms with Gasteiger partial charge in [0.25, 0.3) is 0 Å². The minimum Gasteiger partial charge on any atom is -0.381 e. The fourth-order valence-corrected chi connectivity index (χ4v) is 3.36. The average molecular weight is 341 g/mol. The molecular weight excluding hydrogens is 314 g/mol. The smallest absolute Gasteiger partial charge is 0.249 e. The minimum atomic E-state index is -0.229. The molecule has 0 bridgehead atoms. The number of hydrogen-bond acceptors (Lipinski definition) is 6. The lowest BCUT2D eigenvalue weighted by Gasteiger charge is -2.29. The maximum atomic E-state index is 12.5. The van der Waals surface area contributed by atoms with Gasteiger partial charge in [0.2, 0.25) is 11.8 Å². The fraction of sp³-hybridized carbons (Fsp3) is 0.812. The van der Waals surface area contributed by atoms with Crippen LogP contribution in [0.25, 0.3) is 0 Å². The van der Waals surface area contributed by atoms with Crippen LogP contribution in [-0.2, 0) is 9.53 Å². The molecule has 1 aliphatic heterocycles. The first-order chi connectivity index (χ1) is 11.1. The molecule has 1 aromatic rings. The van der Waals surface area contributed by atoms with E-state index in [-0.39, 0.29) is 29.0 Å². The van der Waals surface area contributed by atoms with Gasteiger partial charge in [0.15, 0.2) is 5.82 Å². The van der Waals surface area contributed by atoms with E-state index in [1.807, 2.05) is 27.0 Å². The summed E-state index contributed by atoms with van der Waals surface area (Å²) in [6, 6.07) is -0.229. The highest BCUT2D eigenvalue weighted by Crippen LogP contribution is 2.30. The van der Waals surface area contributed by atoms with Crippen molar-refractivity contribution in [1.29, 1.82) is 0 Å². The van der Waals surface area contributed by atoms with Crippen LogP contribution in [0.2, 0.25) is 0 Å². The van der Waals surface area contributed by atoms with Crippen LogP contribution in [-0.4, -0.2) is 40.8 Å². The summed E-state index contributed by atoms with van der Waals surface area (Å²) in [7, 11) is 0. The number of nitrogens with zero attached hydrogens (tertiary/aromatic N) is 2. The summed E-state index contributed by atoms with van der Waals surface area (Å²) in [4.78, 5) is 17.0. The predicted octanol–water partition coefficient (Wildman–Crippen LogP) is 2.92. The molecule has 1 N–H and O–H groups in total. The van der Waals surface area contributed by atoms with Gasteiger partial charge >= 0.3 is 0 Å². The Kier molecular flexibility index (Phi) is 6.89. The third kappa shape index (κ3) is 4.70. The van der Waals surface area contributed by atoms with Gasteiger partial charge in [-0.1, -0.05) is 25.9 Å². The van der Waals surface area contributed by atoms with Crippen molar-refractivity contribution in [3.8, 4) is 0 Å². The Morgan fingerprint density at radius 1 is 1.39 bits per heavy atom. The highest BCUT2D eigenvalue weighted by Gasteiger charge is 2.33. The summed E-state index contributed by atoms with van der Waals surface area (Å²) >= 11 is 1.57. The largest absolute Gasteiger partial charge is 0.381 e. The van der Waals surface area contributed by atoms with E-state index in [1.54, 1.807) is 11.8 Å². The molecule has 0 aromatic carbocycles. The van der Waals surface area contributed by atoms with Crippen molar-refractivity contribution in [2.75, 3.05) is 19.5 Å². The van der Waals surface area contributed by atoms with E-state index in [0.717, 1.165) is 19.3 Å². The van der Waals surface area contributed by atoms with Crippen molar-refractivity contribution in [3.63, 3.8) is 0 Å². The van der Waals surface area contributed by atoms with Gasteiger partial charge in [0.1, 0.15) is 6.04 Å². The first kappa shape index (κ1) is 18.3. The quantitative estimate of drug-likeness (QED) is 0.821. The Labute approximate surface area is 142 Å². The van der Waals surface area contributed by atoms with E-state index in [2.05, 4.69) is 15.5 Å². The van der Waals surface area contributed by atoms with Crippen molar-refractivity contribution in [3.05, 3.63) is 11.7 Å². The average Bonchev–Trinajstić information content (AvgIpc) is 3.04. The molecular formula is C16H27N3O3S. The zero-order valence-electron chi connectivity index (χ0n) is 14.4. The third-order valence-electron chi connectivity index (χ3n) is 4.22. The van der Waals surface area contributed by atoms with E-state index < -0.39 is 0 Å². The van der Waals surface area contributed by atoms with Crippen LogP contribution in [0.15, 0.2) is 4.52 Å². The van der Waals surface area contributed by atoms with Crippen LogP contribution in [0.3, 0.4) is 0 Å². The molecule has 1 amide bonds. The second-order valence-corrected chi connectivity index (χ2v) is 7.25. The summed E-state index contributed by atoms with van der Waals surface area (Å²) < 4.78 is 10.9. The van der Waals surface area contributed by atoms with Gasteiger partial charge in [-0.2, -0.15) is 16.7 Å². The molecule has 7 heteroatoms. The second-order valence-electron chi connectivity index (χ2n) is 6.21. The zero-order valence-corrected chi connectivity index (χ0v) is 15.2. The molecule has 1 aromatic heterocycles. The van der Waals surface area contributed by atoms with E-state index in [9.17, 15) is 4.79 Å². The second kappa shape index (κ2) is 8.68. The molecule has 2 atom stereocenters. The molecule has 0 saturated carbocycles. The normalized spacial score (nSPS) is 18.8. The van der Waals surface area contributed by atoms with E-state index >= 15 is 0 Å². The number of aromatic nitrogens is 2. The lowest BCUT2D eigenvalue weighted by molar-refractivity contribution is -0.122. The molecule has 1 saturated heterocycles. The number of carbonyl (C=O) groups excluding carboxylic acids is 1. The van der Waals surface area contributed by atoms with Gasteiger partial charge in [-0.15, -0.1) is 0 Å². The summed E-state index contributed by atoms with van der Waals surface area (Å²) in [5, 5.41) is 7.14. The van der Waals surface area contributed by atoms with Crippen LogP contribution in [0.5, 0.6) is 0 Å². The van der Waals surface area contributed by atoms with Gasteiger partial charge in [-0.3, -0.25) is 4.79 Å². The molecule has 1 fully saturated rings. The molecule has 0 spiro atoms. The van der Waals surface area contributed by atoms with Crippen molar-refractivity contribution in [2.24, 2.45) is 5.92 Å². The molecule has 1 aliphatic rings. The van der Waals surface area contributed by atoms with Crippen molar-refractivity contribution < 1.29 is 14.1 Å². The number of rotatable bonds is 7. The van der Waals surface area contributed by atoms with Gasteiger partial charge in [-0.25, -0.2) is 0 Å². The maximum Gasteiger partial charge on any atom is 0.249 e. The van der Waals surface area contributed by atoms with Crippen LogP contribution in [0.1, 0.15) is 63.7 Å². The molecule has 130 valence electrons. The van der Waals surface area contributed by atoms with E-state index in [1.165, 1.54) is 0 Å². The van der Waals surface area contributed by atoms with Crippen LogP contribution in [0, 0.1) is 5.92 Å². The van der Waals surface area contributed by atoms with Gasteiger partial charge in [0.05, 0.1) is 5.25 Å². The third-order valence-corrected chi connectivity index (χ3v) is 5.34. The molecule has 6 nitrogen and oxygen atoms in total. The molecule has 0 aliphatic carbocycles. The Balaban J connectivity index is 2.18. The van der Waals surface area contributed by atoms with Gasteiger partial charge in [-0.05, 0) is 31.4 Å². The number of carbonyl (C=O) groups is 1. The SMILES string of the molecule is CC[C@H](SC)C(=O)N[C@H](c1nc(C(C)C)no1)C1CCOCC1. The monoisotopic (exact) mass is 341 g/mol. The number of amides is 1. The number of nitrogens with one attached hydrogen (secondary N) is 1. The van der Waals surface area contributed by atoms with E-state index in [0.29, 0.717) is 24.9 Å². The minimum absolute atomic E-state index is 0.0424. The van der Waals surface area contributed by atoms with E-state index in [4.69, 9.17) is 9.26 Å². The van der Waals surface area contributed by atoms with Crippen LogP contribution in [0.4, 0.5) is 0 Å². The molecule has 0 radical (unpaired) electrons. The molecule has 2 rings (SSSR count). The molecule has 2 heterocycles. The first-order valence-corrected chi connectivity index (χ1v) is 9.60.